The lowest BCUT2D eigenvalue weighted by molar-refractivity contribution is 0.316. The van der Waals surface area contributed by atoms with Gasteiger partial charge in [-0.2, -0.15) is 5.10 Å². The van der Waals surface area contributed by atoms with Gasteiger partial charge in [0.1, 0.15) is 22.3 Å². The molecule has 9 heteroatoms. The van der Waals surface area contributed by atoms with Crippen molar-refractivity contribution in [3.63, 3.8) is 0 Å². The van der Waals surface area contributed by atoms with Crippen molar-refractivity contribution in [2.24, 2.45) is 7.05 Å². The van der Waals surface area contributed by atoms with Gasteiger partial charge in [0.15, 0.2) is 0 Å². The highest BCUT2D eigenvalue weighted by Gasteiger charge is 2.22. The molecule has 9 nitrogen and oxygen atoms in total. The van der Waals surface area contributed by atoms with Gasteiger partial charge in [-0.05, 0) is 46.8 Å². The highest BCUT2D eigenvalue weighted by atomic mass is 16.5. The van der Waals surface area contributed by atoms with E-state index in [2.05, 4.69) is 29.1 Å². The number of imidazole rings is 1. The Morgan fingerprint density at radius 3 is 2.58 bits per heavy atom. The molecule has 0 atom stereocenters. The van der Waals surface area contributed by atoms with E-state index in [9.17, 15) is 0 Å². The van der Waals surface area contributed by atoms with Gasteiger partial charge in [0, 0.05) is 25.5 Å². The van der Waals surface area contributed by atoms with Crippen molar-refractivity contribution in [2.75, 3.05) is 18.5 Å². The van der Waals surface area contributed by atoms with Gasteiger partial charge in [-0.3, -0.25) is 4.68 Å². The van der Waals surface area contributed by atoms with Crippen molar-refractivity contribution in [3.8, 4) is 22.9 Å². The molecule has 0 spiro atoms. The van der Waals surface area contributed by atoms with E-state index in [1.54, 1.807) is 12.5 Å². The van der Waals surface area contributed by atoms with E-state index < -0.39 is 0 Å². The molecule has 0 amide bonds. The topological polar surface area (TPSA) is 91.9 Å². The van der Waals surface area contributed by atoms with Crippen molar-refractivity contribution in [1.29, 1.82) is 0 Å². The van der Waals surface area contributed by atoms with E-state index in [1.807, 2.05) is 55.4 Å². The summed E-state index contributed by atoms with van der Waals surface area (Å²) >= 11 is 0. The Hall–Kier alpha value is -3.62. The third-order valence-electron chi connectivity index (χ3n) is 5.24. The smallest absolute Gasteiger partial charge is 0.226 e. The number of nitrogens with zero attached hydrogens (tertiary/aromatic N) is 6. The average molecular weight is 450 g/mol. The molecule has 0 radical (unpaired) electrons. The van der Waals surface area contributed by atoms with Crippen LogP contribution in [0.3, 0.4) is 0 Å². The molecule has 4 aromatic rings. The first-order valence-electron chi connectivity index (χ1n) is 11.3. The van der Waals surface area contributed by atoms with Crippen LogP contribution in [0, 0.1) is 6.92 Å². The summed E-state index contributed by atoms with van der Waals surface area (Å²) in [6.45, 7) is 11.7. The molecule has 0 aliphatic rings. The van der Waals surface area contributed by atoms with Crippen LogP contribution in [0.25, 0.3) is 22.3 Å². The second-order valence-corrected chi connectivity index (χ2v) is 8.12. The second kappa shape index (κ2) is 9.48. The van der Waals surface area contributed by atoms with E-state index in [0.717, 1.165) is 39.4 Å². The summed E-state index contributed by atoms with van der Waals surface area (Å²) in [5.41, 5.74) is 5.98. The Morgan fingerprint density at radius 1 is 1.12 bits per heavy atom. The fraction of sp³-hybridized carbons (Fsp3) is 0.417. The lowest BCUT2D eigenvalue weighted by Crippen LogP contribution is -2.08. The first-order valence-corrected chi connectivity index (χ1v) is 11.3. The maximum atomic E-state index is 5.92. The number of anilines is 1. The van der Waals surface area contributed by atoms with E-state index in [1.165, 1.54) is 0 Å². The van der Waals surface area contributed by atoms with Gasteiger partial charge in [0.05, 0.1) is 48.9 Å². The molecule has 4 rings (SSSR count). The monoisotopic (exact) mass is 449 g/mol. The Labute approximate surface area is 193 Å². The van der Waals surface area contributed by atoms with Gasteiger partial charge < -0.3 is 19.4 Å². The van der Waals surface area contributed by atoms with Crippen LogP contribution < -0.4 is 14.8 Å². The maximum Gasteiger partial charge on any atom is 0.226 e. The van der Waals surface area contributed by atoms with Crippen molar-refractivity contribution in [1.82, 2.24) is 29.3 Å². The number of fused-ring (bicyclic) bond motifs is 1. The largest absolute Gasteiger partial charge is 0.493 e. The van der Waals surface area contributed by atoms with Gasteiger partial charge in [0.25, 0.3) is 0 Å². The van der Waals surface area contributed by atoms with Crippen LogP contribution in [0.5, 0.6) is 11.6 Å². The molecule has 4 heterocycles. The van der Waals surface area contributed by atoms with Gasteiger partial charge in [-0.1, -0.05) is 0 Å². The van der Waals surface area contributed by atoms with Crippen LogP contribution in [-0.4, -0.2) is 42.5 Å². The Kier molecular flexibility index (Phi) is 6.48. The Bertz CT molecular complexity index is 1240. The Balaban J connectivity index is 1.91. The maximum absolute atomic E-state index is 5.92. The van der Waals surface area contributed by atoms with Gasteiger partial charge >= 0.3 is 0 Å². The number of nitrogens with one attached hydrogen (secondary N) is 1. The molecule has 0 saturated heterocycles. The number of rotatable bonds is 9. The number of aromatic nitrogens is 6. The minimum absolute atomic E-state index is 0.181. The van der Waals surface area contributed by atoms with Crippen molar-refractivity contribution in [2.45, 2.75) is 47.2 Å². The predicted molar refractivity (Wildman–Crippen MR) is 129 cm³/mol. The van der Waals surface area contributed by atoms with Crippen LogP contribution in [0.4, 0.5) is 5.69 Å². The summed E-state index contributed by atoms with van der Waals surface area (Å²) in [4.78, 5) is 13.9. The lowest BCUT2D eigenvalue weighted by Gasteiger charge is -2.16. The summed E-state index contributed by atoms with van der Waals surface area (Å²) in [5, 5.41) is 8.34. The molecule has 1 N–H and O–H groups in total. The number of aryl methyl sites for hydroxylation is 2. The minimum atomic E-state index is 0.181. The fourth-order valence-electron chi connectivity index (χ4n) is 3.85. The average Bonchev–Trinajstić information content (AvgIpc) is 3.36. The van der Waals surface area contributed by atoms with Crippen LogP contribution in [0.2, 0.25) is 0 Å². The van der Waals surface area contributed by atoms with Crippen molar-refractivity contribution >= 4 is 16.7 Å². The molecule has 0 aliphatic carbocycles. The third kappa shape index (κ3) is 4.48. The predicted octanol–water partition coefficient (Wildman–Crippen LogP) is 4.53. The molecule has 0 fully saturated rings. The zero-order valence-corrected chi connectivity index (χ0v) is 20.1. The highest BCUT2D eigenvalue weighted by Crippen LogP contribution is 2.39. The van der Waals surface area contributed by atoms with Crippen LogP contribution in [-0.2, 0) is 13.6 Å². The summed E-state index contributed by atoms with van der Waals surface area (Å²) < 4.78 is 15.7. The lowest BCUT2D eigenvalue weighted by atomic mass is 10.1. The van der Waals surface area contributed by atoms with Crippen molar-refractivity contribution < 1.29 is 9.47 Å². The van der Waals surface area contributed by atoms with Gasteiger partial charge in [-0.15, -0.1) is 0 Å². The molecule has 33 heavy (non-hydrogen) atoms. The quantitative estimate of drug-likeness (QED) is 0.401. The first kappa shape index (κ1) is 22.6. The number of hydrogen-bond donors (Lipinski definition) is 1. The molecule has 0 unspecified atom stereocenters. The van der Waals surface area contributed by atoms with Gasteiger partial charge in [-0.25, -0.2) is 15.0 Å². The number of ether oxygens (including phenoxy) is 2. The van der Waals surface area contributed by atoms with E-state index in [-0.39, 0.29) is 6.04 Å². The minimum Gasteiger partial charge on any atom is -0.493 e. The summed E-state index contributed by atoms with van der Waals surface area (Å²) in [5.74, 6) is 1.19. The Morgan fingerprint density at radius 2 is 1.91 bits per heavy atom. The van der Waals surface area contributed by atoms with E-state index >= 15 is 0 Å². The van der Waals surface area contributed by atoms with Crippen LogP contribution in [0.1, 0.15) is 45.1 Å². The number of pyridine rings is 2. The normalized spacial score (nSPS) is 11.4. The molecule has 4 aromatic heterocycles. The molecule has 0 bridgehead atoms. The fourth-order valence-corrected chi connectivity index (χ4v) is 3.85. The molecule has 174 valence electrons. The number of hydrogen-bond acceptors (Lipinski definition) is 7. The molecule has 0 aromatic carbocycles. The third-order valence-corrected chi connectivity index (χ3v) is 5.24. The van der Waals surface area contributed by atoms with E-state index in [0.29, 0.717) is 31.4 Å². The SMILES string of the molecule is CCOc1ccnc(OCC)c1-c1cc(NCc2cn(C)cn2)c2c(n1)c(C)nn2C(C)C. The highest BCUT2D eigenvalue weighted by molar-refractivity contribution is 5.93. The van der Waals surface area contributed by atoms with Crippen LogP contribution >= 0.6 is 0 Å². The van der Waals surface area contributed by atoms with E-state index in [4.69, 9.17) is 19.6 Å². The summed E-state index contributed by atoms with van der Waals surface area (Å²) in [6.07, 6.45) is 5.49. The van der Waals surface area contributed by atoms with Crippen LogP contribution in [0.15, 0.2) is 30.9 Å². The molecular weight excluding hydrogens is 418 g/mol. The zero-order chi connectivity index (χ0) is 23.5. The van der Waals surface area contributed by atoms with Crippen molar-refractivity contribution in [3.05, 3.63) is 42.2 Å². The summed E-state index contributed by atoms with van der Waals surface area (Å²) in [7, 11) is 1.96. The van der Waals surface area contributed by atoms with Gasteiger partial charge in [0.2, 0.25) is 5.88 Å². The molecule has 0 aliphatic heterocycles. The zero-order valence-electron chi connectivity index (χ0n) is 20.1. The summed E-state index contributed by atoms with van der Waals surface area (Å²) in [6, 6.07) is 4.05. The molecular formula is C24H31N7O2. The molecule has 0 saturated carbocycles. The standard InChI is InChI=1S/C24H31N7O2/c1-7-32-20-9-10-25-24(33-8-2)21(20)18-11-19(26-12-17-13-30(6)14-27-17)23-22(28-18)16(5)29-31(23)15(3)4/h9-11,13-15H,7-8,12H2,1-6H3,(H,26,28). The first-order chi connectivity index (χ1) is 15.9. The second-order valence-electron chi connectivity index (χ2n) is 8.12.